The third kappa shape index (κ3) is 2.67. The van der Waals surface area contributed by atoms with E-state index in [1.165, 1.54) is 12.8 Å². The van der Waals surface area contributed by atoms with E-state index in [2.05, 4.69) is 34.2 Å². The Balaban J connectivity index is 1.76. The van der Waals surface area contributed by atoms with Crippen LogP contribution >= 0.6 is 0 Å². The zero-order valence-electron chi connectivity index (χ0n) is 11.9. The maximum absolute atomic E-state index is 5.50. The normalized spacial score (nSPS) is 29.2. The average molecular weight is 264 g/mol. The van der Waals surface area contributed by atoms with Crippen molar-refractivity contribution in [1.29, 1.82) is 0 Å². The van der Waals surface area contributed by atoms with Crippen LogP contribution in [0.3, 0.4) is 0 Å². The zero-order valence-corrected chi connectivity index (χ0v) is 11.9. The number of aromatic nitrogens is 2. The smallest absolute Gasteiger partial charge is 0.231 e. The number of nitrogens with one attached hydrogen (secondary N) is 1. The van der Waals surface area contributed by atoms with Gasteiger partial charge in [0, 0.05) is 12.6 Å². The van der Waals surface area contributed by atoms with Crippen LogP contribution in [0.25, 0.3) is 0 Å². The molecule has 2 aliphatic rings. The van der Waals surface area contributed by atoms with Crippen LogP contribution in [-0.2, 0) is 0 Å². The second-order valence-electron chi connectivity index (χ2n) is 6.02. The molecule has 1 aromatic rings. The van der Waals surface area contributed by atoms with E-state index < -0.39 is 0 Å². The predicted molar refractivity (Wildman–Crippen MR) is 73.0 cm³/mol. The number of piperidine rings is 1. The van der Waals surface area contributed by atoms with Gasteiger partial charge in [-0.3, -0.25) is 4.90 Å². The lowest BCUT2D eigenvalue weighted by Gasteiger charge is -2.36. The summed E-state index contributed by atoms with van der Waals surface area (Å²) in [6.07, 6.45) is 4.81. The van der Waals surface area contributed by atoms with Gasteiger partial charge < -0.3 is 9.84 Å². The minimum Gasteiger partial charge on any atom is -0.339 e. The Morgan fingerprint density at radius 1 is 1.32 bits per heavy atom. The van der Waals surface area contributed by atoms with Crippen LogP contribution in [-0.4, -0.2) is 40.7 Å². The van der Waals surface area contributed by atoms with E-state index in [1.807, 2.05) is 0 Å². The topological polar surface area (TPSA) is 54.2 Å². The van der Waals surface area contributed by atoms with Crippen LogP contribution in [0.4, 0.5) is 0 Å². The first-order valence-electron chi connectivity index (χ1n) is 7.55. The maximum atomic E-state index is 5.50. The second kappa shape index (κ2) is 5.59. The van der Waals surface area contributed by atoms with Gasteiger partial charge in [-0.25, -0.2) is 0 Å². The summed E-state index contributed by atoms with van der Waals surface area (Å²) in [7, 11) is 0. The molecule has 1 aromatic heterocycles. The van der Waals surface area contributed by atoms with Gasteiger partial charge in [0.05, 0.1) is 12.0 Å². The first kappa shape index (κ1) is 13.1. The third-order valence-electron chi connectivity index (χ3n) is 4.37. The Labute approximate surface area is 114 Å². The van der Waals surface area contributed by atoms with Crippen molar-refractivity contribution >= 4 is 0 Å². The molecule has 2 saturated heterocycles. The molecule has 0 spiro atoms. The molecule has 106 valence electrons. The van der Waals surface area contributed by atoms with E-state index in [1.54, 1.807) is 0 Å². The number of hydrogen-bond donors (Lipinski definition) is 1. The first-order chi connectivity index (χ1) is 9.25. The van der Waals surface area contributed by atoms with Crippen molar-refractivity contribution in [2.45, 2.75) is 57.5 Å². The summed E-state index contributed by atoms with van der Waals surface area (Å²) in [5.41, 5.74) is 0. The Kier molecular flexibility index (Phi) is 3.84. The number of nitrogens with zero attached hydrogens (tertiary/aromatic N) is 3. The molecule has 19 heavy (non-hydrogen) atoms. The molecule has 0 amide bonds. The van der Waals surface area contributed by atoms with Crippen molar-refractivity contribution in [3.63, 3.8) is 0 Å². The van der Waals surface area contributed by atoms with Crippen LogP contribution in [0, 0.1) is 0 Å². The maximum Gasteiger partial charge on any atom is 0.231 e. The largest absolute Gasteiger partial charge is 0.339 e. The van der Waals surface area contributed by atoms with Gasteiger partial charge in [-0.15, -0.1) is 0 Å². The van der Waals surface area contributed by atoms with Gasteiger partial charge in [-0.05, 0) is 46.2 Å². The fraction of sp³-hybridized carbons (Fsp3) is 0.857. The van der Waals surface area contributed by atoms with Gasteiger partial charge in [0.2, 0.25) is 5.89 Å². The number of likely N-dealkylation sites (tertiary alicyclic amines) is 1. The molecule has 0 aliphatic carbocycles. The third-order valence-corrected chi connectivity index (χ3v) is 4.37. The first-order valence-corrected chi connectivity index (χ1v) is 7.55. The lowest BCUT2D eigenvalue weighted by Crippen LogP contribution is -2.39. The number of rotatable bonds is 3. The highest BCUT2D eigenvalue weighted by molar-refractivity contribution is 5.02. The Hall–Kier alpha value is -0.940. The van der Waals surface area contributed by atoms with Gasteiger partial charge in [-0.2, -0.15) is 4.98 Å². The minimum atomic E-state index is 0.348. The fourth-order valence-corrected chi connectivity index (χ4v) is 3.26. The molecule has 5 heteroatoms. The Morgan fingerprint density at radius 2 is 2.21 bits per heavy atom. The van der Waals surface area contributed by atoms with Crippen molar-refractivity contribution in [3.8, 4) is 0 Å². The molecular weight excluding hydrogens is 240 g/mol. The molecule has 2 unspecified atom stereocenters. The molecular formula is C14H24N4O. The van der Waals surface area contributed by atoms with Crippen LogP contribution in [0.15, 0.2) is 4.52 Å². The molecule has 1 N–H and O–H groups in total. The number of hydrogen-bond acceptors (Lipinski definition) is 5. The van der Waals surface area contributed by atoms with Crippen molar-refractivity contribution in [3.05, 3.63) is 11.7 Å². The van der Waals surface area contributed by atoms with E-state index in [0.717, 1.165) is 44.2 Å². The summed E-state index contributed by atoms with van der Waals surface area (Å²) in [6.45, 7) is 7.68. The van der Waals surface area contributed by atoms with Crippen molar-refractivity contribution in [1.82, 2.24) is 20.4 Å². The minimum absolute atomic E-state index is 0.348. The Morgan fingerprint density at radius 3 is 2.95 bits per heavy atom. The van der Waals surface area contributed by atoms with Crippen molar-refractivity contribution in [2.24, 2.45) is 0 Å². The van der Waals surface area contributed by atoms with Crippen LogP contribution < -0.4 is 5.32 Å². The second-order valence-corrected chi connectivity index (χ2v) is 6.02. The lowest BCUT2D eigenvalue weighted by molar-refractivity contribution is 0.104. The van der Waals surface area contributed by atoms with Crippen LogP contribution in [0.2, 0.25) is 0 Å². The quantitative estimate of drug-likeness (QED) is 0.906. The molecule has 2 atom stereocenters. The predicted octanol–water partition coefficient (Wildman–Crippen LogP) is 2.08. The van der Waals surface area contributed by atoms with Crippen molar-refractivity contribution in [2.75, 3.05) is 19.6 Å². The monoisotopic (exact) mass is 264 g/mol. The molecule has 2 aliphatic heterocycles. The van der Waals surface area contributed by atoms with E-state index in [0.29, 0.717) is 18.0 Å². The summed E-state index contributed by atoms with van der Waals surface area (Å²) in [5.74, 6) is 2.14. The van der Waals surface area contributed by atoms with E-state index in [4.69, 9.17) is 4.52 Å². The highest BCUT2D eigenvalue weighted by atomic mass is 16.5. The molecule has 5 nitrogen and oxygen atoms in total. The summed E-state index contributed by atoms with van der Waals surface area (Å²) < 4.78 is 5.50. The van der Waals surface area contributed by atoms with Crippen LogP contribution in [0.5, 0.6) is 0 Å². The van der Waals surface area contributed by atoms with Gasteiger partial charge >= 0.3 is 0 Å². The lowest BCUT2D eigenvalue weighted by atomic mass is 10.00. The zero-order chi connectivity index (χ0) is 13.2. The van der Waals surface area contributed by atoms with Gasteiger partial charge in [-0.1, -0.05) is 11.6 Å². The average Bonchev–Trinajstić information content (AvgIpc) is 3.09. The van der Waals surface area contributed by atoms with Crippen molar-refractivity contribution < 1.29 is 4.52 Å². The van der Waals surface area contributed by atoms with Crippen LogP contribution in [0.1, 0.15) is 63.2 Å². The van der Waals surface area contributed by atoms with Gasteiger partial charge in [0.1, 0.15) is 0 Å². The molecule has 0 bridgehead atoms. The Bertz CT molecular complexity index is 411. The van der Waals surface area contributed by atoms with E-state index in [9.17, 15) is 0 Å². The molecule has 3 heterocycles. The van der Waals surface area contributed by atoms with Gasteiger partial charge in [0.15, 0.2) is 5.82 Å². The summed E-state index contributed by atoms with van der Waals surface area (Å²) in [5, 5.41) is 7.61. The molecule has 0 saturated carbocycles. The summed E-state index contributed by atoms with van der Waals surface area (Å²) in [6, 6.07) is 0.890. The molecule has 3 rings (SSSR count). The standard InChI is InChI=1S/C14H24N4O/c1-10(2)18-8-4-3-5-12(18)13-16-14(19-17-13)11-6-7-15-9-11/h10-12,15H,3-9H2,1-2H3. The highest BCUT2D eigenvalue weighted by Gasteiger charge is 2.31. The highest BCUT2D eigenvalue weighted by Crippen LogP contribution is 2.32. The molecule has 0 radical (unpaired) electrons. The fourth-order valence-electron chi connectivity index (χ4n) is 3.26. The van der Waals surface area contributed by atoms with Gasteiger partial charge in [0.25, 0.3) is 0 Å². The SMILES string of the molecule is CC(C)N1CCCCC1c1noc(C2CCNC2)n1. The molecule has 2 fully saturated rings. The van der Waals surface area contributed by atoms with E-state index in [-0.39, 0.29) is 0 Å². The summed E-state index contributed by atoms with van der Waals surface area (Å²) >= 11 is 0. The molecule has 0 aromatic carbocycles. The summed E-state index contributed by atoms with van der Waals surface area (Å²) in [4.78, 5) is 7.19. The van der Waals surface area contributed by atoms with E-state index >= 15 is 0 Å².